The van der Waals surface area contributed by atoms with E-state index in [-0.39, 0.29) is 24.5 Å². The van der Waals surface area contributed by atoms with E-state index in [1.54, 1.807) is 10.9 Å². The number of ether oxygens (including phenoxy) is 1. The molecule has 1 saturated heterocycles. The van der Waals surface area contributed by atoms with Crippen molar-refractivity contribution in [1.82, 2.24) is 20.0 Å². The Balaban J connectivity index is 1.69. The number of carbonyl (C=O) groups is 2. The molecular formula is C15H24N4O3. The lowest BCUT2D eigenvalue weighted by Gasteiger charge is -2.33. The van der Waals surface area contributed by atoms with E-state index in [1.165, 1.54) is 0 Å². The van der Waals surface area contributed by atoms with Gasteiger partial charge in [-0.1, -0.05) is 13.8 Å². The molecule has 1 fully saturated rings. The van der Waals surface area contributed by atoms with Crippen LogP contribution in [0.15, 0.2) is 18.5 Å². The number of hydrogen-bond donors (Lipinski definition) is 1. The van der Waals surface area contributed by atoms with Crippen LogP contribution in [0.1, 0.15) is 20.3 Å². The van der Waals surface area contributed by atoms with Crippen LogP contribution in [0.25, 0.3) is 0 Å². The molecule has 1 N–H and O–H groups in total. The summed E-state index contributed by atoms with van der Waals surface area (Å²) in [4.78, 5) is 25.4. The number of aryl methyl sites for hydroxylation is 1. The van der Waals surface area contributed by atoms with Gasteiger partial charge in [0.1, 0.15) is 6.61 Å². The van der Waals surface area contributed by atoms with Crippen molar-refractivity contribution in [3.05, 3.63) is 18.5 Å². The maximum Gasteiger partial charge on any atom is 0.248 e. The van der Waals surface area contributed by atoms with Crippen LogP contribution >= 0.6 is 0 Å². The third-order valence-electron chi connectivity index (χ3n) is 3.46. The van der Waals surface area contributed by atoms with Crippen molar-refractivity contribution in [3.63, 3.8) is 0 Å². The average molecular weight is 308 g/mol. The van der Waals surface area contributed by atoms with E-state index < -0.39 is 0 Å². The Morgan fingerprint density at radius 2 is 2.36 bits per heavy atom. The molecule has 22 heavy (non-hydrogen) atoms. The van der Waals surface area contributed by atoms with Gasteiger partial charge in [-0.25, -0.2) is 0 Å². The topological polar surface area (TPSA) is 76.5 Å². The Hall–Kier alpha value is -1.89. The fourth-order valence-corrected chi connectivity index (χ4v) is 2.39. The predicted molar refractivity (Wildman–Crippen MR) is 81.0 cm³/mol. The summed E-state index contributed by atoms with van der Waals surface area (Å²) in [7, 11) is 0. The molecule has 1 aliphatic heterocycles. The van der Waals surface area contributed by atoms with E-state index in [2.05, 4.69) is 24.3 Å². The van der Waals surface area contributed by atoms with Crippen LogP contribution in [0.5, 0.6) is 0 Å². The molecule has 2 heterocycles. The normalized spacial score (nSPS) is 18.8. The fourth-order valence-electron chi connectivity index (χ4n) is 2.39. The lowest BCUT2D eigenvalue weighted by molar-refractivity contribution is -0.149. The Kier molecular flexibility index (Phi) is 5.94. The Labute approximate surface area is 130 Å². The van der Waals surface area contributed by atoms with Crippen molar-refractivity contribution >= 4 is 11.8 Å². The molecule has 1 aromatic rings. The molecule has 0 spiro atoms. The van der Waals surface area contributed by atoms with Gasteiger partial charge in [0.25, 0.3) is 0 Å². The average Bonchev–Trinajstić information content (AvgIpc) is 2.98. The molecule has 1 aromatic heterocycles. The number of nitrogens with zero attached hydrogens (tertiary/aromatic N) is 3. The van der Waals surface area contributed by atoms with E-state index in [9.17, 15) is 9.59 Å². The molecule has 0 radical (unpaired) electrons. The smallest absolute Gasteiger partial charge is 0.248 e. The minimum absolute atomic E-state index is 0.0231. The molecule has 0 aromatic carbocycles. The maximum absolute atomic E-state index is 11.8. The number of rotatable bonds is 7. The van der Waals surface area contributed by atoms with Gasteiger partial charge in [0.05, 0.1) is 6.10 Å². The summed E-state index contributed by atoms with van der Waals surface area (Å²) in [5.41, 5.74) is 0. The molecule has 2 rings (SSSR count). The summed E-state index contributed by atoms with van der Waals surface area (Å²) in [5.74, 6) is 0.410. The first-order valence-corrected chi connectivity index (χ1v) is 7.68. The lowest BCUT2D eigenvalue weighted by atomic mass is 10.1. The highest BCUT2D eigenvalue weighted by Gasteiger charge is 2.26. The van der Waals surface area contributed by atoms with Crippen LogP contribution in [0.3, 0.4) is 0 Å². The zero-order valence-electron chi connectivity index (χ0n) is 13.2. The largest absolute Gasteiger partial charge is 0.365 e. The number of carbonyl (C=O) groups excluding carboxylic acids is 2. The van der Waals surface area contributed by atoms with Crippen molar-refractivity contribution in [3.8, 4) is 0 Å². The summed E-state index contributed by atoms with van der Waals surface area (Å²) >= 11 is 0. The Morgan fingerprint density at radius 1 is 1.55 bits per heavy atom. The third-order valence-corrected chi connectivity index (χ3v) is 3.46. The highest BCUT2D eigenvalue weighted by molar-refractivity contribution is 5.78. The summed E-state index contributed by atoms with van der Waals surface area (Å²) in [5, 5.41) is 6.91. The Morgan fingerprint density at radius 3 is 3.05 bits per heavy atom. The molecule has 7 heteroatoms. The standard InChI is InChI=1S/C15H24N4O3/c1-12(2)9-18-10-13(22-11-15(18)21)8-16-14(20)4-7-19-6-3-5-17-19/h3,5-6,12-13H,4,7-11H2,1-2H3,(H,16,20). The van der Waals surface area contributed by atoms with Crippen LogP contribution in [-0.2, 0) is 20.9 Å². The minimum Gasteiger partial charge on any atom is -0.365 e. The second kappa shape index (κ2) is 7.93. The maximum atomic E-state index is 11.8. The van der Waals surface area contributed by atoms with Gasteiger partial charge in [-0.15, -0.1) is 0 Å². The zero-order chi connectivity index (χ0) is 15.9. The zero-order valence-corrected chi connectivity index (χ0v) is 13.2. The highest BCUT2D eigenvalue weighted by Crippen LogP contribution is 2.08. The van der Waals surface area contributed by atoms with E-state index in [0.717, 1.165) is 6.54 Å². The number of amides is 2. The number of nitrogens with one attached hydrogen (secondary N) is 1. The van der Waals surface area contributed by atoms with Gasteiger partial charge in [-0.2, -0.15) is 5.10 Å². The van der Waals surface area contributed by atoms with Gasteiger partial charge < -0.3 is 15.0 Å². The van der Waals surface area contributed by atoms with Gasteiger partial charge in [-0.3, -0.25) is 14.3 Å². The van der Waals surface area contributed by atoms with E-state index in [0.29, 0.717) is 32.0 Å². The van der Waals surface area contributed by atoms with Gasteiger partial charge in [0.15, 0.2) is 0 Å². The molecule has 1 unspecified atom stereocenters. The second-order valence-corrected chi connectivity index (χ2v) is 5.95. The van der Waals surface area contributed by atoms with Crippen molar-refractivity contribution in [2.45, 2.75) is 32.9 Å². The Bertz CT molecular complexity index is 487. The summed E-state index contributed by atoms with van der Waals surface area (Å²) in [6, 6.07) is 1.83. The molecule has 1 atom stereocenters. The first-order chi connectivity index (χ1) is 10.5. The summed E-state index contributed by atoms with van der Waals surface area (Å²) in [6.07, 6.45) is 3.76. The predicted octanol–water partition coefficient (Wildman–Crippen LogP) is 0.273. The molecule has 7 nitrogen and oxygen atoms in total. The SMILES string of the molecule is CC(C)CN1CC(CNC(=O)CCn2cccn2)OCC1=O. The first-order valence-electron chi connectivity index (χ1n) is 7.68. The second-order valence-electron chi connectivity index (χ2n) is 5.95. The summed E-state index contributed by atoms with van der Waals surface area (Å²) < 4.78 is 7.20. The van der Waals surface area contributed by atoms with E-state index >= 15 is 0 Å². The molecule has 0 aliphatic carbocycles. The molecule has 1 aliphatic rings. The molecule has 122 valence electrons. The molecule has 2 amide bonds. The lowest BCUT2D eigenvalue weighted by Crippen LogP contribution is -2.51. The van der Waals surface area contributed by atoms with Crippen molar-refractivity contribution in [1.29, 1.82) is 0 Å². The molecule has 0 saturated carbocycles. The van der Waals surface area contributed by atoms with Gasteiger partial charge in [-0.05, 0) is 12.0 Å². The van der Waals surface area contributed by atoms with Crippen LogP contribution in [0.2, 0.25) is 0 Å². The van der Waals surface area contributed by atoms with Crippen LogP contribution < -0.4 is 5.32 Å². The monoisotopic (exact) mass is 308 g/mol. The number of morpholine rings is 1. The third kappa shape index (κ3) is 5.14. The minimum atomic E-state index is -0.134. The van der Waals surface area contributed by atoms with Crippen molar-refractivity contribution in [2.24, 2.45) is 5.92 Å². The fraction of sp³-hybridized carbons (Fsp3) is 0.667. The van der Waals surface area contributed by atoms with Crippen molar-refractivity contribution < 1.29 is 14.3 Å². The quantitative estimate of drug-likeness (QED) is 0.784. The number of hydrogen-bond acceptors (Lipinski definition) is 4. The van der Waals surface area contributed by atoms with Gasteiger partial charge >= 0.3 is 0 Å². The first kappa shape index (κ1) is 16.5. The highest BCUT2D eigenvalue weighted by atomic mass is 16.5. The van der Waals surface area contributed by atoms with Crippen LogP contribution in [-0.4, -0.2) is 58.8 Å². The van der Waals surface area contributed by atoms with Gasteiger partial charge in [0.2, 0.25) is 11.8 Å². The number of aromatic nitrogens is 2. The van der Waals surface area contributed by atoms with E-state index in [4.69, 9.17) is 4.74 Å². The van der Waals surface area contributed by atoms with Crippen molar-refractivity contribution in [2.75, 3.05) is 26.2 Å². The van der Waals surface area contributed by atoms with E-state index in [1.807, 2.05) is 17.2 Å². The van der Waals surface area contributed by atoms with Gasteiger partial charge in [0, 0.05) is 45.0 Å². The summed E-state index contributed by atoms with van der Waals surface area (Å²) in [6.45, 7) is 6.51. The van der Waals surface area contributed by atoms with Crippen LogP contribution in [0, 0.1) is 5.92 Å². The van der Waals surface area contributed by atoms with Crippen LogP contribution in [0.4, 0.5) is 0 Å². The molecule has 0 bridgehead atoms. The molecular weight excluding hydrogens is 284 g/mol.